The van der Waals surface area contributed by atoms with E-state index >= 15 is 0 Å². The minimum Gasteiger partial charge on any atom is -0.397 e. The molecule has 1 aliphatic rings. The molecule has 0 aromatic heterocycles. The number of nitrogens with two attached hydrogens (primary N) is 2. The number of anilines is 2. The third-order valence-corrected chi connectivity index (χ3v) is 3.85. The second-order valence-corrected chi connectivity index (χ2v) is 5.32. The van der Waals surface area contributed by atoms with Crippen LogP contribution in [0.5, 0.6) is 0 Å². The molecule has 1 amide bonds. The summed E-state index contributed by atoms with van der Waals surface area (Å²) in [7, 11) is 4.24. The van der Waals surface area contributed by atoms with Crippen LogP contribution >= 0.6 is 0 Å². The Labute approximate surface area is 114 Å². The Morgan fingerprint density at radius 3 is 2.42 bits per heavy atom. The lowest BCUT2D eigenvalue weighted by molar-refractivity contribution is 0.100. The SMILES string of the molecule is CN(C)C1CCN(c2ccc(C(N)=O)cc2N)CC1. The first-order valence-electron chi connectivity index (χ1n) is 6.59. The molecular weight excluding hydrogens is 240 g/mol. The van der Waals surface area contributed by atoms with Crippen molar-refractivity contribution in [2.75, 3.05) is 37.8 Å². The van der Waals surface area contributed by atoms with Crippen molar-refractivity contribution in [2.45, 2.75) is 18.9 Å². The summed E-state index contributed by atoms with van der Waals surface area (Å²) < 4.78 is 0. The van der Waals surface area contributed by atoms with E-state index in [-0.39, 0.29) is 0 Å². The highest BCUT2D eigenvalue weighted by molar-refractivity contribution is 5.94. The number of piperidine rings is 1. The van der Waals surface area contributed by atoms with Gasteiger partial charge in [0, 0.05) is 24.7 Å². The Balaban J connectivity index is 2.09. The molecule has 1 saturated heterocycles. The van der Waals surface area contributed by atoms with Crippen LogP contribution in [0, 0.1) is 0 Å². The largest absolute Gasteiger partial charge is 0.397 e. The molecule has 0 spiro atoms. The zero-order chi connectivity index (χ0) is 14.0. The zero-order valence-electron chi connectivity index (χ0n) is 11.6. The number of amides is 1. The van der Waals surface area contributed by atoms with Gasteiger partial charge in [-0.2, -0.15) is 0 Å². The lowest BCUT2D eigenvalue weighted by Gasteiger charge is -2.37. The summed E-state index contributed by atoms with van der Waals surface area (Å²) >= 11 is 0. The number of primary amides is 1. The van der Waals surface area contributed by atoms with E-state index < -0.39 is 5.91 Å². The number of rotatable bonds is 3. The summed E-state index contributed by atoms with van der Waals surface area (Å²) in [6.07, 6.45) is 2.26. The van der Waals surface area contributed by atoms with E-state index in [2.05, 4.69) is 23.9 Å². The summed E-state index contributed by atoms with van der Waals surface area (Å²) in [5, 5.41) is 0. The van der Waals surface area contributed by atoms with Crippen molar-refractivity contribution in [3.8, 4) is 0 Å². The summed E-state index contributed by atoms with van der Waals surface area (Å²) in [5.41, 5.74) is 13.4. The van der Waals surface area contributed by atoms with E-state index in [9.17, 15) is 4.79 Å². The van der Waals surface area contributed by atoms with Crippen LogP contribution in [-0.4, -0.2) is 44.0 Å². The first-order chi connectivity index (χ1) is 8.99. The van der Waals surface area contributed by atoms with Gasteiger partial charge in [-0.15, -0.1) is 0 Å². The van der Waals surface area contributed by atoms with Gasteiger partial charge in [-0.1, -0.05) is 0 Å². The molecule has 5 nitrogen and oxygen atoms in total. The number of nitrogen functional groups attached to an aromatic ring is 1. The first-order valence-corrected chi connectivity index (χ1v) is 6.59. The third kappa shape index (κ3) is 2.98. The number of hydrogen-bond donors (Lipinski definition) is 2. The van der Waals surface area contributed by atoms with Gasteiger partial charge in [0.2, 0.25) is 5.91 Å². The summed E-state index contributed by atoms with van der Waals surface area (Å²) in [5.74, 6) is -0.440. The Hall–Kier alpha value is -1.75. The highest BCUT2D eigenvalue weighted by atomic mass is 16.1. The molecule has 1 fully saturated rings. The van der Waals surface area contributed by atoms with Crippen molar-refractivity contribution in [3.05, 3.63) is 23.8 Å². The zero-order valence-corrected chi connectivity index (χ0v) is 11.6. The molecule has 1 aromatic carbocycles. The summed E-state index contributed by atoms with van der Waals surface area (Å²) in [6, 6.07) is 5.94. The van der Waals surface area contributed by atoms with Crippen LogP contribution in [0.4, 0.5) is 11.4 Å². The maximum absolute atomic E-state index is 11.1. The van der Waals surface area contributed by atoms with Gasteiger partial charge in [0.1, 0.15) is 0 Å². The van der Waals surface area contributed by atoms with Gasteiger partial charge in [0.05, 0.1) is 11.4 Å². The molecule has 2 rings (SSSR count). The lowest BCUT2D eigenvalue weighted by Crippen LogP contribution is -2.42. The number of hydrogen-bond acceptors (Lipinski definition) is 4. The van der Waals surface area contributed by atoms with Crippen molar-refractivity contribution in [2.24, 2.45) is 5.73 Å². The predicted molar refractivity (Wildman–Crippen MR) is 78.3 cm³/mol. The third-order valence-electron chi connectivity index (χ3n) is 3.85. The quantitative estimate of drug-likeness (QED) is 0.794. The molecule has 1 heterocycles. The molecule has 4 N–H and O–H groups in total. The molecule has 104 valence electrons. The number of nitrogens with zero attached hydrogens (tertiary/aromatic N) is 2. The summed E-state index contributed by atoms with van der Waals surface area (Å²) in [4.78, 5) is 15.7. The van der Waals surface area contributed by atoms with Crippen molar-refractivity contribution in [1.29, 1.82) is 0 Å². The Morgan fingerprint density at radius 2 is 1.95 bits per heavy atom. The van der Waals surface area contributed by atoms with Crippen LogP contribution in [-0.2, 0) is 0 Å². The second kappa shape index (κ2) is 5.48. The molecule has 19 heavy (non-hydrogen) atoms. The number of benzene rings is 1. The molecule has 0 saturated carbocycles. The molecule has 0 atom stereocenters. The predicted octanol–water partition coefficient (Wildman–Crippen LogP) is 0.898. The highest BCUT2D eigenvalue weighted by Crippen LogP contribution is 2.27. The minimum absolute atomic E-state index is 0.440. The normalized spacial score (nSPS) is 16.9. The topological polar surface area (TPSA) is 75.6 Å². The van der Waals surface area contributed by atoms with Crippen LogP contribution in [0.25, 0.3) is 0 Å². The average molecular weight is 262 g/mol. The minimum atomic E-state index is -0.440. The van der Waals surface area contributed by atoms with Crippen LogP contribution in [0.1, 0.15) is 23.2 Å². The Bertz CT molecular complexity index is 465. The lowest BCUT2D eigenvalue weighted by atomic mass is 10.0. The molecule has 1 aliphatic heterocycles. The molecule has 1 aromatic rings. The maximum Gasteiger partial charge on any atom is 0.248 e. The van der Waals surface area contributed by atoms with E-state index in [0.717, 1.165) is 31.6 Å². The van der Waals surface area contributed by atoms with Crippen molar-refractivity contribution in [3.63, 3.8) is 0 Å². The molecule has 0 radical (unpaired) electrons. The van der Waals surface area contributed by atoms with Crippen LogP contribution < -0.4 is 16.4 Å². The fourth-order valence-corrected chi connectivity index (χ4v) is 2.62. The fraction of sp³-hybridized carbons (Fsp3) is 0.500. The average Bonchev–Trinajstić information content (AvgIpc) is 2.38. The molecule has 0 aliphatic carbocycles. The van der Waals surface area contributed by atoms with Crippen LogP contribution in [0.2, 0.25) is 0 Å². The molecule has 5 heteroatoms. The van der Waals surface area contributed by atoms with Crippen molar-refractivity contribution < 1.29 is 4.79 Å². The second-order valence-electron chi connectivity index (χ2n) is 5.32. The number of carbonyl (C=O) groups excluding carboxylic acids is 1. The molecule has 0 bridgehead atoms. The molecule has 0 unspecified atom stereocenters. The standard InChI is InChI=1S/C14H22N4O/c1-17(2)11-5-7-18(8-6-11)13-4-3-10(14(16)19)9-12(13)15/h3-4,9,11H,5-8,15H2,1-2H3,(H2,16,19). The van der Waals surface area contributed by atoms with E-state index in [1.54, 1.807) is 12.1 Å². The Morgan fingerprint density at radius 1 is 1.32 bits per heavy atom. The Kier molecular flexibility index (Phi) is 3.95. The fourth-order valence-electron chi connectivity index (χ4n) is 2.62. The van der Waals surface area contributed by atoms with Gasteiger partial charge in [0.15, 0.2) is 0 Å². The van der Waals surface area contributed by atoms with Crippen LogP contribution in [0.3, 0.4) is 0 Å². The van der Waals surface area contributed by atoms with Gasteiger partial charge >= 0.3 is 0 Å². The van der Waals surface area contributed by atoms with Gasteiger partial charge in [0.25, 0.3) is 0 Å². The van der Waals surface area contributed by atoms with E-state index in [1.807, 2.05) is 6.07 Å². The summed E-state index contributed by atoms with van der Waals surface area (Å²) in [6.45, 7) is 1.98. The maximum atomic E-state index is 11.1. The van der Waals surface area contributed by atoms with E-state index in [0.29, 0.717) is 17.3 Å². The van der Waals surface area contributed by atoms with Gasteiger partial charge in [-0.3, -0.25) is 4.79 Å². The van der Waals surface area contributed by atoms with E-state index in [4.69, 9.17) is 11.5 Å². The smallest absolute Gasteiger partial charge is 0.248 e. The van der Waals surface area contributed by atoms with Crippen LogP contribution in [0.15, 0.2) is 18.2 Å². The molecular formula is C14H22N4O. The van der Waals surface area contributed by atoms with E-state index in [1.165, 1.54) is 0 Å². The van der Waals surface area contributed by atoms with Crippen molar-refractivity contribution in [1.82, 2.24) is 4.90 Å². The van der Waals surface area contributed by atoms with Gasteiger partial charge in [-0.05, 0) is 45.1 Å². The number of carbonyl (C=O) groups is 1. The van der Waals surface area contributed by atoms with Gasteiger partial charge in [-0.25, -0.2) is 0 Å². The first kappa shape index (κ1) is 13.7. The highest BCUT2D eigenvalue weighted by Gasteiger charge is 2.22. The van der Waals surface area contributed by atoms with Gasteiger partial charge < -0.3 is 21.3 Å². The van der Waals surface area contributed by atoms with Crippen molar-refractivity contribution >= 4 is 17.3 Å². The monoisotopic (exact) mass is 262 g/mol.